The number of carbonyl (C=O) groups is 1. The molecule has 3 fully saturated rings. The van der Waals surface area contributed by atoms with Crippen molar-refractivity contribution in [3.63, 3.8) is 0 Å². The Morgan fingerprint density at radius 3 is 2.70 bits per heavy atom. The number of sulfonamides is 1. The van der Waals surface area contributed by atoms with Gasteiger partial charge in [-0.25, -0.2) is 26.7 Å². The molecule has 2 amide bonds. The lowest BCUT2D eigenvalue weighted by Gasteiger charge is -2.38. The van der Waals surface area contributed by atoms with Crippen molar-refractivity contribution in [1.82, 2.24) is 34.5 Å². The number of amides is 2. The number of benzene rings is 1. The van der Waals surface area contributed by atoms with Crippen LogP contribution in [0.1, 0.15) is 24.3 Å². The molecule has 6 rings (SSSR count). The third-order valence-electron chi connectivity index (χ3n) is 6.92. The maximum absolute atomic E-state index is 13.4. The van der Waals surface area contributed by atoms with Crippen molar-refractivity contribution in [2.24, 2.45) is 0 Å². The van der Waals surface area contributed by atoms with Gasteiger partial charge in [0.05, 0.1) is 28.7 Å². The summed E-state index contributed by atoms with van der Waals surface area (Å²) in [7, 11) is -2.37. The van der Waals surface area contributed by atoms with Gasteiger partial charge in [0.15, 0.2) is 5.01 Å². The fraction of sp³-hybridized carbons (Fsp3) is 0.476. The maximum Gasteiger partial charge on any atom is 0.320 e. The van der Waals surface area contributed by atoms with Crippen molar-refractivity contribution in [3.05, 3.63) is 23.3 Å². The molecule has 16 heteroatoms. The van der Waals surface area contributed by atoms with Crippen molar-refractivity contribution >= 4 is 44.0 Å². The number of hydrogen-bond acceptors (Lipinski definition) is 9. The van der Waals surface area contributed by atoms with E-state index in [1.165, 1.54) is 23.0 Å². The minimum Gasteiger partial charge on any atom is -0.367 e. The topological polar surface area (TPSA) is 140 Å². The Morgan fingerprint density at radius 2 is 2.03 bits per heavy atom. The van der Waals surface area contributed by atoms with Gasteiger partial charge in [0.2, 0.25) is 15.2 Å². The number of anilines is 1. The second-order valence-electron chi connectivity index (χ2n) is 9.41. The summed E-state index contributed by atoms with van der Waals surface area (Å²) in [6.07, 6.45) is -0.425. The Morgan fingerprint density at radius 1 is 1.24 bits per heavy atom. The number of aromatic nitrogens is 4. The van der Waals surface area contributed by atoms with Crippen LogP contribution in [0.2, 0.25) is 0 Å². The molecule has 4 heterocycles. The predicted octanol–water partition coefficient (Wildman–Crippen LogP) is 1.71. The van der Waals surface area contributed by atoms with Gasteiger partial charge in [0.25, 0.3) is 6.43 Å². The second-order valence-corrected chi connectivity index (χ2v) is 12.1. The molecule has 0 spiro atoms. The van der Waals surface area contributed by atoms with E-state index in [2.05, 4.69) is 20.0 Å². The molecule has 3 aliphatic rings. The van der Waals surface area contributed by atoms with E-state index in [0.29, 0.717) is 66.9 Å². The number of carbonyl (C=O) groups excluding carboxylic acids is 1. The summed E-state index contributed by atoms with van der Waals surface area (Å²) in [6, 6.07) is 4.84. The largest absolute Gasteiger partial charge is 0.367 e. The molecular formula is C21H21F2N9O3S2. The van der Waals surface area contributed by atoms with Crippen molar-refractivity contribution in [2.75, 3.05) is 38.1 Å². The quantitative estimate of drug-likeness (QED) is 0.490. The first kappa shape index (κ1) is 23.9. The Bertz CT molecular complexity index is 1560. The molecule has 37 heavy (non-hydrogen) atoms. The van der Waals surface area contributed by atoms with Crippen LogP contribution in [-0.2, 0) is 10.0 Å². The summed E-state index contributed by atoms with van der Waals surface area (Å²) in [6.45, 7) is 1.95. The van der Waals surface area contributed by atoms with Crippen LogP contribution in [0.25, 0.3) is 16.0 Å². The average Bonchev–Trinajstić information content (AvgIpc) is 3.19. The van der Waals surface area contributed by atoms with E-state index in [1.54, 1.807) is 16.8 Å². The normalized spacial score (nSPS) is 21.1. The lowest BCUT2D eigenvalue weighted by Crippen LogP contribution is -2.52. The molecule has 1 saturated carbocycles. The summed E-state index contributed by atoms with van der Waals surface area (Å²) < 4.78 is 56.8. The second kappa shape index (κ2) is 8.30. The number of nitriles is 1. The zero-order valence-electron chi connectivity index (χ0n) is 19.5. The van der Waals surface area contributed by atoms with Crippen LogP contribution in [-0.4, -0.2) is 89.0 Å². The third kappa shape index (κ3) is 3.97. The van der Waals surface area contributed by atoms with Gasteiger partial charge < -0.3 is 14.7 Å². The molecule has 1 aromatic carbocycles. The number of nitrogens with one attached hydrogen (secondary N) is 1. The van der Waals surface area contributed by atoms with Crippen LogP contribution < -0.4 is 9.62 Å². The van der Waals surface area contributed by atoms with E-state index in [-0.39, 0.29) is 22.1 Å². The molecular weight excluding hydrogens is 528 g/mol. The number of alkyl halides is 2. The monoisotopic (exact) mass is 549 g/mol. The summed E-state index contributed by atoms with van der Waals surface area (Å²) in [5.41, 5.74) is -0.204. The van der Waals surface area contributed by atoms with Crippen LogP contribution in [0, 0.1) is 11.3 Å². The fourth-order valence-electron chi connectivity index (χ4n) is 4.83. The van der Waals surface area contributed by atoms with E-state index in [0.717, 1.165) is 0 Å². The number of nitrogens with zero attached hydrogens (tertiary/aromatic N) is 8. The van der Waals surface area contributed by atoms with Gasteiger partial charge in [-0.2, -0.15) is 15.1 Å². The van der Waals surface area contributed by atoms with Crippen molar-refractivity contribution in [2.45, 2.75) is 35.7 Å². The number of hydrogen-bond donors (Lipinski definition) is 1. The molecule has 1 atom stereocenters. The minimum absolute atomic E-state index is 0.0412. The predicted molar refractivity (Wildman–Crippen MR) is 128 cm³/mol. The number of likely N-dealkylation sites (N-methyl/N-ethyl adjacent to an activating group) is 1. The van der Waals surface area contributed by atoms with Crippen LogP contribution in [0.4, 0.5) is 19.3 Å². The molecule has 194 valence electrons. The highest BCUT2D eigenvalue weighted by molar-refractivity contribution is 7.89. The van der Waals surface area contributed by atoms with Gasteiger partial charge >= 0.3 is 6.03 Å². The maximum atomic E-state index is 13.4. The van der Waals surface area contributed by atoms with Gasteiger partial charge in [0, 0.05) is 44.3 Å². The summed E-state index contributed by atoms with van der Waals surface area (Å²) in [5, 5.41) is 21.3. The van der Waals surface area contributed by atoms with Crippen molar-refractivity contribution in [1.29, 1.82) is 5.26 Å². The van der Waals surface area contributed by atoms with Gasteiger partial charge in [-0.3, -0.25) is 0 Å². The van der Waals surface area contributed by atoms with E-state index in [4.69, 9.17) is 0 Å². The highest BCUT2D eigenvalue weighted by Crippen LogP contribution is 2.38. The van der Waals surface area contributed by atoms with Crippen LogP contribution in [0.3, 0.4) is 0 Å². The fourth-order valence-corrected chi connectivity index (χ4v) is 6.91. The van der Waals surface area contributed by atoms with Gasteiger partial charge in [-0.1, -0.05) is 11.3 Å². The van der Waals surface area contributed by atoms with Gasteiger partial charge in [0.1, 0.15) is 5.54 Å². The summed E-state index contributed by atoms with van der Waals surface area (Å²) >= 11 is 0.662. The van der Waals surface area contributed by atoms with Gasteiger partial charge in [-0.15, -0.1) is 10.2 Å². The first-order chi connectivity index (χ1) is 17.6. The lowest BCUT2D eigenvalue weighted by molar-refractivity contribution is 0.150. The Hall–Kier alpha value is -3.42. The van der Waals surface area contributed by atoms with E-state index in [1.807, 2.05) is 11.0 Å². The van der Waals surface area contributed by atoms with E-state index in [9.17, 15) is 27.3 Å². The molecule has 2 saturated heterocycles. The molecule has 1 aliphatic carbocycles. The summed E-state index contributed by atoms with van der Waals surface area (Å²) in [4.78, 5) is 17.8. The molecule has 0 radical (unpaired) electrons. The number of fused-ring (bicyclic) bond motifs is 2. The first-order valence-corrected chi connectivity index (χ1v) is 13.8. The first-order valence-electron chi connectivity index (χ1n) is 11.5. The SMILES string of the molecule is CN1CC2CN(c3cc(S(=O)(=O)NC4(C#N)CC4)cc4c3cnn4-c3nnc(C(F)F)s3)CCN2C1=O. The molecule has 1 unspecified atom stereocenters. The Balaban J connectivity index is 1.46. The number of rotatable bonds is 6. The van der Waals surface area contributed by atoms with E-state index >= 15 is 0 Å². The zero-order chi connectivity index (χ0) is 26.1. The van der Waals surface area contributed by atoms with Crippen molar-refractivity contribution < 1.29 is 22.0 Å². The highest BCUT2D eigenvalue weighted by atomic mass is 32.2. The average molecular weight is 550 g/mol. The van der Waals surface area contributed by atoms with Crippen LogP contribution in [0.5, 0.6) is 0 Å². The lowest BCUT2D eigenvalue weighted by atomic mass is 10.1. The number of halogens is 2. The standard InChI is InChI=1S/C21H21F2N9O3S2/c1-29-9-12-10-30(4-5-31(12)20(29)33)15-6-13(37(34,35)28-21(11-24)2-3-21)7-16-14(15)8-25-32(16)19-27-26-18(36-19)17(22)23/h6-8,12,17,28H,2-5,9-10H2,1H3. The molecule has 0 bridgehead atoms. The smallest absolute Gasteiger partial charge is 0.320 e. The third-order valence-corrected chi connectivity index (χ3v) is 9.34. The zero-order valence-corrected chi connectivity index (χ0v) is 21.1. The highest BCUT2D eigenvalue weighted by Gasteiger charge is 2.47. The number of piperazine rings is 1. The minimum atomic E-state index is -4.11. The van der Waals surface area contributed by atoms with Crippen LogP contribution in [0.15, 0.2) is 23.2 Å². The van der Waals surface area contributed by atoms with Crippen LogP contribution >= 0.6 is 11.3 Å². The summed E-state index contributed by atoms with van der Waals surface area (Å²) in [5.74, 6) is 0. The molecule has 2 aromatic heterocycles. The number of urea groups is 1. The molecule has 1 N–H and O–H groups in total. The van der Waals surface area contributed by atoms with E-state index < -0.39 is 27.0 Å². The van der Waals surface area contributed by atoms with Gasteiger partial charge in [-0.05, 0) is 25.0 Å². The van der Waals surface area contributed by atoms with Crippen molar-refractivity contribution in [3.8, 4) is 11.2 Å². The molecule has 2 aliphatic heterocycles. The Labute approximate surface area is 214 Å². The Kier molecular flexibility index (Phi) is 5.37. The molecule has 12 nitrogen and oxygen atoms in total. The molecule has 3 aromatic rings.